The first-order chi connectivity index (χ1) is 13.6. The Bertz CT molecular complexity index is 1180. The normalized spacial score (nSPS) is 11.5. The minimum atomic E-state index is -1.41. The molecule has 0 spiro atoms. The molecule has 0 aliphatic rings. The van der Waals surface area contributed by atoms with Gasteiger partial charge in [-0.1, -0.05) is 31.5 Å². The highest BCUT2D eigenvalue weighted by atomic mass is 32.2. The summed E-state index contributed by atoms with van der Waals surface area (Å²) in [6, 6.07) is 13.6. The fraction of sp³-hybridized carbons (Fsp3) is 0.182. The van der Waals surface area contributed by atoms with Crippen LogP contribution in [0.2, 0.25) is 0 Å². The Kier molecular flexibility index (Phi) is 6.08. The highest BCUT2D eigenvalue weighted by molar-refractivity contribution is 7.83. The molecule has 4 aromatic rings. The SMILES string of the molecule is CC.Cc1ccc(S(=O)n2cc(-c3ccsc3C)c3cc(C#N)cnc32)cc1. The van der Waals surface area contributed by atoms with Gasteiger partial charge >= 0.3 is 0 Å². The van der Waals surface area contributed by atoms with E-state index in [1.807, 2.05) is 68.7 Å². The van der Waals surface area contributed by atoms with Gasteiger partial charge in [-0.15, -0.1) is 11.3 Å². The van der Waals surface area contributed by atoms with Crippen LogP contribution in [-0.2, 0) is 11.0 Å². The highest BCUT2D eigenvalue weighted by Crippen LogP contribution is 2.35. The number of aromatic nitrogens is 2. The lowest BCUT2D eigenvalue weighted by Gasteiger charge is -2.05. The van der Waals surface area contributed by atoms with Crippen LogP contribution in [0.25, 0.3) is 22.2 Å². The fourth-order valence-electron chi connectivity index (χ4n) is 2.91. The van der Waals surface area contributed by atoms with Crippen molar-refractivity contribution in [2.45, 2.75) is 32.6 Å². The summed E-state index contributed by atoms with van der Waals surface area (Å²) in [5.41, 5.74) is 4.25. The second-order valence-electron chi connectivity index (χ2n) is 6.03. The third kappa shape index (κ3) is 3.64. The molecular formula is C22H21N3OS2. The first kappa shape index (κ1) is 20.0. The Hall–Kier alpha value is -2.75. The number of thiophene rings is 1. The molecule has 0 bridgehead atoms. The summed E-state index contributed by atoms with van der Waals surface area (Å²) >= 11 is 1.66. The van der Waals surface area contributed by atoms with Crippen LogP contribution in [0.15, 0.2) is 59.1 Å². The minimum Gasteiger partial charge on any atom is -0.245 e. The molecule has 0 saturated heterocycles. The van der Waals surface area contributed by atoms with Gasteiger partial charge in [-0.2, -0.15) is 5.26 Å². The molecule has 142 valence electrons. The van der Waals surface area contributed by atoms with Gasteiger partial charge in [0.1, 0.15) is 6.07 Å². The Morgan fingerprint density at radius 3 is 2.43 bits per heavy atom. The summed E-state index contributed by atoms with van der Waals surface area (Å²) in [5.74, 6) is 0. The molecular weight excluding hydrogens is 386 g/mol. The number of nitriles is 1. The molecule has 28 heavy (non-hydrogen) atoms. The molecule has 1 aromatic carbocycles. The third-order valence-corrected chi connectivity index (χ3v) is 6.45. The summed E-state index contributed by atoms with van der Waals surface area (Å²) in [6.45, 7) is 8.06. The van der Waals surface area contributed by atoms with Crippen LogP contribution in [0, 0.1) is 25.2 Å². The van der Waals surface area contributed by atoms with Crippen LogP contribution >= 0.6 is 11.3 Å². The molecule has 0 amide bonds. The molecule has 0 aliphatic carbocycles. The number of fused-ring (bicyclic) bond motifs is 1. The van der Waals surface area contributed by atoms with Crippen molar-refractivity contribution in [1.82, 2.24) is 8.96 Å². The Morgan fingerprint density at radius 1 is 1.11 bits per heavy atom. The molecule has 3 aromatic heterocycles. The van der Waals surface area contributed by atoms with Crippen molar-refractivity contribution in [3.63, 3.8) is 0 Å². The third-order valence-electron chi connectivity index (χ3n) is 4.29. The summed E-state index contributed by atoms with van der Waals surface area (Å²) < 4.78 is 14.9. The van der Waals surface area contributed by atoms with Crippen molar-refractivity contribution in [3.8, 4) is 17.2 Å². The fourth-order valence-corrected chi connectivity index (χ4v) is 4.73. The zero-order chi connectivity index (χ0) is 20.3. The summed E-state index contributed by atoms with van der Waals surface area (Å²) in [5, 5.41) is 12.1. The maximum absolute atomic E-state index is 13.2. The zero-order valence-electron chi connectivity index (χ0n) is 16.3. The monoisotopic (exact) mass is 407 g/mol. The van der Waals surface area contributed by atoms with E-state index in [0.717, 1.165) is 22.1 Å². The molecule has 1 atom stereocenters. The lowest BCUT2D eigenvalue weighted by molar-refractivity contribution is 0.678. The molecule has 4 nitrogen and oxygen atoms in total. The molecule has 4 rings (SSSR count). The smallest absolute Gasteiger partial charge is 0.158 e. The van der Waals surface area contributed by atoms with Crippen molar-refractivity contribution in [3.05, 3.63) is 70.2 Å². The molecule has 0 saturated carbocycles. The van der Waals surface area contributed by atoms with Crippen LogP contribution in [0.4, 0.5) is 0 Å². The Balaban J connectivity index is 0.00000109. The lowest BCUT2D eigenvalue weighted by Crippen LogP contribution is -2.04. The number of hydrogen-bond acceptors (Lipinski definition) is 4. The van der Waals surface area contributed by atoms with E-state index >= 15 is 0 Å². The van der Waals surface area contributed by atoms with Crippen molar-refractivity contribution in [2.24, 2.45) is 0 Å². The largest absolute Gasteiger partial charge is 0.245 e. The molecule has 0 fully saturated rings. The van der Waals surface area contributed by atoms with Gasteiger partial charge in [0.25, 0.3) is 0 Å². The quantitative estimate of drug-likeness (QED) is 0.428. The standard InChI is InChI=1S/C20H15N3OS2.C2H6/c1-13-3-5-16(6-4-13)26(24)23-12-19(17-7-8-25-14(17)2)18-9-15(10-21)11-22-20(18)23;1-2/h3-9,11-12H,1-2H3;1-2H3. The van der Waals surface area contributed by atoms with E-state index in [9.17, 15) is 9.47 Å². The molecule has 1 unspecified atom stereocenters. The number of pyridine rings is 1. The predicted molar refractivity (Wildman–Crippen MR) is 117 cm³/mol. The number of hydrogen-bond donors (Lipinski definition) is 0. The second kappa shape index (κ2) is 8.51. The van der Waals surface area contributed by atoms with E-state index in [4.69, 9.17) is 0 Å². The van der Waals surface area contributed by atoms with E-state index in [0.29, 0.717) is 16.1 Å². The zero-order valence-corrected chi connectivity index (χ0v) is 17.9. The first-order valence-corrected chi connectivity index (χ1v) is 11.0. The van der Waals surface area contributed by atoms with Gasteiger partial charge in [0, 0.05) is 28.2 Å². The van der Waals surface area contributed by atoms with Crippen molar-refractivity contribution in [1.29, 1.82) is 5.26 Å². The first-order valence-electron chi connectivity index (χ1n) is 9.03. The maximum Gasteiger partial charge on any atom is 0.158 e. The number of nitrogens with zero attached hydrogens (tertiary/aromatic N) is 3. The topological polar surface area (TPSA) is 58.7 Å². The van der Waals surface area contributed by atoms with Crippen molar-refractivity contribution < 1.29 is 4.21 Å². The van der Waals surface area contributed by atoms with Gasteiger partial charge in [0.15, 0.2) is 16.6 Å². The van der Waals surface area contributed by atoms with E-state index < -0.39 is 11.0 Å². The van der Waals surface area contributed by atoms with Crippen LogP contribution in [0.3, 0.4) is 0 Å². The molecule has 6 heteroatoms. The summed E-state index contributed by atoms with van der Waals surface area (Å²) in [4.78, 5) is 6.32. The Morgan fingerprint density at radius 2 is 1.82 bits per heavy atom. The number of aryl methyl sites for hydroxylation is 2. The van der Waals surface area contributed by atoms with Crippen molar-refractivity contribution >= 4 is 33.4 Å². The van der Waals surface area contributed by atoms with E-state index in [1.165, 1.54) is 11.1 Å². The Labute approximate surface area is 171 Å². The molecule has 0 aliphatic heterocycles. The van der Waals surface area contributed by atoms with E-state index in [-0.39, 0.29) is 0 Å². The molecule has 3 heterocycles. The van der Waals surface area contributed by atoms with Gasteiger partial charge in [-0.05, 0) is 49.1 Å². The molecule has 0 radical (unpaired) electrons. The van der Waals surface area contributed by atoms with Gasteiger partial charge in [0.05, 0.1) is 10.5 Å². The van der Waals surface area contributed by atoms with Crippen molar-refractivity contribution in [2.75, 3.05) is 0 Å². The number of rotatable bonds is 3. The predicted octanol–water partition coefficient (Wildman–Crippen LogP) is 5.85. The van der Waals surface area contributed by atoms with Crippen LogP contribution < -0.4 is 0 Å². The maximum atomic E-state index is 13.2. The van der Waals surface area contributed by atoms with Crippen LogP contribution in [0.1, 0.15) is 29.9 Å². The summed E-state index contributed by atoms with van der Waals surface area (Å²) in [7, 11) is -1.41. The summed E-state index contributed by atoms with van der Waals surface area (Å²) in [6.07, 6.45) is 3.40. The van der Waals surface area contributed by atoms with E-state index in [2.05, 4.69) is 18.0 Å². The average Bonchev–Trinajstić information content (AvgIpc) is 3.32. The lowest BCUT2D eigenvalue weighted by atomic mass is 10.1. The van der Waals surface area contributed by atoms with Crippen LogP contribution in [0.5, 0.6) is 0 Å². The van der Waals surface area contributed by atoms with Crippen LogP contribution in [-0.4, -0.2) is 13.2 Å². The number of benzene rings is 1. The highest BCUT2D eigenvalue weighted by Gasteiger charge is 2.18. The van der Waals surface area contributed by atoms with Gasteiger partial charge < -0.3 is 0 Å². The van der Waals surface area contributed by atoms with Gasteiger partial charge in [-0.3, -0.25) is 0 Å². The minimum absolute atomic E-state index is 0.491. The second-order valence-corrected chi connectivity index (χ2v) is 8.51. The molecule has 0 N–H and O–H groups in total. The van der Waals surface area contributed by atoms with Gasteiger partial charge in [-0.25, -0.2) is 13.2 Å². The van der Waals surface area contributed by atoms with Gasteiger partial charge in [0.2, 0.25) is 0 Å². The average molecular weight is 408 g/mol. The van der Waals surface area contributed by atoms with E-state index in [1.54, 1.807) is 15.3 Å².